The predicted octanol–water partition coefficient (Wildman–Crippen LogP) is 3.79. The van der Waals surface area contributed by atoms with Crippen LogP contribution in [0, 0.1) is 12.7 Å². The molecule has 0 spiro atoms. The standard InChI is InChI=1S/C20H19FN4OS/c1-14-7-9-16(10-8-14)25-13-22-23-20(25)27-12-18(26)24-11-3-5-15-4-2-6-17(21)19(15)24/h2,4,6-10,13H,3,5,11-12H2,1H3. The molecule has 1 amide bonds. The third kappa shape index (κ3) is 3.60. The van der Waals surface area contributed by atoms with E-state index in [4.69, 9.17) is 0 Å². The number of amides is 1. The Morgan fingerprint density at radius 2 is 2.04 bits per heavy atom. The van der Waals surface area contributed by atoms with Gasteiger partial charge in [-0.25, -0.2) is 4.39 Å². The monoisotopic (exact) mass is 382 g/mol. The van der Waals surface area contributed by atoms with E-state index in [2.05, 4.69) is 10.2 Å². The summed E-state index contributed by atoms with van der Waals surface area (Å²) in [7, 11) is 0. The molecule has 27 heavy (non-hydrogen) atoms. The van der Waals surface area contributed by atoms with E-state index in [0.717, 1.165) is 24.1 Å². The highest BCUT2D eigenvalue weighted by Gasteiger charge is 2.25. The van der Waals surface area contributed by atoms with Crippen molar-refractivity contribution in [1.82, 2.24) is 14.8 Å². The van der Waals surface area contributed by atoms with Gasteiger partial charge in [-0.3, -0.25) is 9.36 Å². The Hall–Kier alpha value is -2.67. The summed E-state index contributed by atoms with van der Waals surface area (Å²) >= 11 is 1.31. The number of rotatable bonds is 4. The van der Waals surface area contributed by atoms with Crippen LogP contribution < -0.4 is 4.90 Å². The van der Waals surface area contributed by atoms with Crippen LogP contribution in [0.3, 0.4) is 0 Å². The van der Waals surface area contributed by atoms with Crippen molar-refractivity contribution >= 4 is 23.4 Å². The van der Waals surface area contributed by atoms with Gasteiger partial charge in [0, 0.05) is 12.2 Å². The van der Waals surface area contributed by atoms with Crippen LogP contribution in [0.25, 0.3) is 5.69 Å². The average molecular weight is 382 g/mol. The zero-order chi connectivity index (χ0) is 18.8. The highest BCUT2D eigenvalue weighted by atomic mass is 32.2. The van der Waals surface area contributed by atoms with Gasteiger partial charge in [-0.15, -0.1) is 10.2 Å². The number of hydrogen-bond donors (Lipinski definition) is 0. The van der Waals surface area contributed by atoms with Crippen molar-refractivity contribution in [1.29, 1.82) is 0 Å². The van der Waals surface area contributed by atoms with Gasteiger partial charge in [-0.05, 0) is 43.5 Å². The first-order chi connectivity index (χ1) is 13.1. The number of halogens is 1. The SMILES string of the molecule is Cc1ccc(-n2cnnc2SCC(=O)N2CCCc3cccc(F)c32)cc1. The fourth-order valence-corrected chi connectivity index (χ4v) is 4.07. The summed E-state index contributed by atoms with van der Waals surface area (Å²) in [5.74, 6) is -0.281. The number of para-hydroxylation sites is 1. The van der Waals surface area contributed by atoms with Gasteiger partial charge in [0.05, 0.1) is 11.4 Å². The normalized spacial score (nSPS) is 13.5. The maximum absolute atomic E-state index is 14.3. The van der Waals surface area contributed by atoms with Crippen molar-refractivity contribution in [3.8, 4) is 5.69 Å². The molecular weight excluding hydrogens is 363 g/mol. The molecule has 0 fully saturated rings. The lowest BCUT2D eigenvalue weighted by atomic mass is 10.0. The number of aryl methyl sites for hydroxylation is 2. The molecule has 138 valence electrons. The molecule has 3 aromatic rings. The molecule has 2 heterocycles. The van der Waals surface area contributed by atoms with Crippen LogP contribution in [0.15, 0.2) is 53.9 Å². The van der Waals surface area contributed by atoms with Crippen molar-refractivity contribution < 1.29 is 9.18 Å². The topological polar surface area (TPSA) is 51.0 Å². The van der Waals surface area contributed by atoms with Crippen molar-refractivity contribution in [2.75, 3.05) is 17.2 Å². The largest absolute Gasteiger partial charge is 0.309 e. The molecule has 0 N–H and O–H groups in total. The van der Waals surface area contributed by atoms with Crippen molar-refractivity contribution in [2.45, 2.75) is 24.9 Å². The van der Waals surface area contributed by atoms with E-state index in [1.807, 2.05) is 41.8 Å². The number of fused-ring (bicyclic) bond motifs is 1. The molecule has 2 aromatic carbocycles. The van der Waals surface area contributed by atoms with Gasteiger partial charge >= 0.3 is 0 Å². The Morgan fingerprint density at radius 3 is 2.85 bits per heavy atom. The van der Waals surface area contributed by atoms with E-state index in [0.29, 0.717) is 17.4 Å². The molecule has 0 bridgehead atoms. The van der Waals surface area contributed by atoms with Crippen LogP contribution in [0.5, 0.6) is 0 Å². The summed E-state index contributed by atoms with van der Waals surface area (Å²) in [5.41, 5.74) is 3.42. The number of thioether (sulfide) groups is 1. The Bertz CT molecular complexity index is 970. The highest BCUT2D eigenvalue weighted by molar-refractivity contribution is 7.99. The fourth-order valence-electron chi connectivity index (χ4n) is 3.26. The van der Waals surface area contributed by atoms with Gasteiger partial charge in [0.15, 0.2) is 5.16 Å². The Kier molecular flexibility index (Phi) is 4.94. The lowest BCUT2D eigenvalue weighted by Gasteiger charge is -2.29. The maximum Gasteiger partial charge on any atom is 0.237 e. The van der Waals surface area contributed by atoms with Crippen molar-refractivity contribution in [2.24, 2.45) is 0 Å². The van der Waals surface area contributed by atoms with E-state index in [1.54, 1.807) is 17.3 Å². The average Bonchev–Trinajstić information content (AvgIpc) is 3.15. The first-order valence-corrected chi connectivity index (χ1v) is 9.79. The molecule has 0 aliphatic carbocycles. The number of benzene rings is 2. The summed E-state index contributed by atoms with van der Waals surface area (Å²) in [6.07, 6.45) is 3.27. The van der Waals surface area contributed by atoms with E-state index in [-0.39, 0.29) is 17.5 Å². The van der Waals surface area contributed by atoms with Gasteiger partial charge in [0.1, 0.15) is 12.1 Å². The second-order valence-electron chi connectivity index (χ2n) is 6.50. The number of carbonyl (C=O) groups excluding carboxylic acids is 1. The summed E-state index contributed by atoms with van der Waals surface area (Å²) in [6.45, 7) is 2.57. The minimum atomic E-state index is -0.339. The number of carbonyl (C=O) groups is 1. The molecule has 0 saturated carbocycles. The summed E-state index contributed by atoms with van der Waals surface area (Å²) < 4.78 is 16.1. The summed E-state index contributed by atoms with van der Waals surface area (Å²) in [6, 6.07) is 13.0. The second kappa shape index (κ2) is 7.52. The molecule has 1 aliphatic rings. The van der Waals surface area contributed by atoms with Gasteiger partial charge in [-0.1, -0.05) is 41.6 Å². The lowest BCUT2D eigenvalue weighted by molar-refractivity contribution is -0.116. The molecule has 0 radical (unpaired) electrons. The predicted molar refractivity (Wildman–Crippen MR) is 104 cm³/mol. The van der Waals surface area contributed by atoms with Crippen LogP contribution in [0.1, 0.15) is 17.5 Å². The molecule has 4 rings (SSSR count). The van der Waals surface area contributed by atoms with Gasteiger partial charge in [0.2, 0.25) is 5.91 Å². The Morgan fingerprint density at radius 1 is 1.22 bits per heavy atom. The first-order valence-electron chi connectivity index (χ1n) is 8.81. The molecular formula is C20H19FN4OS. The van der Waals surface area contributed by atoms with Crippen LogP contribution in [-0.2, 0) is 11.2 Å². The van der Waals surface area contributed by atoms with E-state index >= 15 is 0 Å². The summed E-state index contributed by atoms with van der Waals surface area (Å²) in [5, 5.41) is 8.73. The lowest BCUT2D eigenvalue weighted by Crippen LogP contribution is -2.37. The molecule has 1 aromatic heterocycles. The number of aromatic nitrogens is 3. The van der Waals surface area contributed by atoms with E-state index in [9.17, 15) is 9.18 Å². The maximum atomic E-state index is 14.3. The zero-order valence-electron chi connectivity index (χ0n) is 14.9. The van der Waals surface area contributed by atoms with Crippen LogP contribution in [0.2, 0.25) is 0 Å². The zero-order valence-corrected chi connectivity index (χ0v) is 15.7. The number of anilines is 1. The van der Waals surface area contributed by atoms with Crippen LogP contribution in [-0.4, -0.2) is 33.0 Å². The van der Waals surface area contributed by atoms with Crippen molar-refractivity contribution in [3.05, 3.63) is 65.7 Å². The minimum absolute atomic E-state index is 0.121. The highest BCUT2D eigenvalue weighted by Crippen LogP contribution is 2.31. The Balaban J connectivity index is 1.50. The number of hydrogen-bond acceptors (Lipinski definition) is 4. The smallest absolute Gasteiger partial charge is 0.237 e. The van der Waals surface area contributed by atoms with E-state index < -0.39 is 0 Å². The molecule has 0 atom stereocenters. The number of nitrogens with zero attached hydrogens (tertiary/aromatic N) is 4. The van der Waals surface area contributed by atoms with Crippen LogP contribution >= 0.6 is 11.8 Å². The van der Waals surface area contributed by atoms with Crippen molar-refractivity contribution in [3.63, 3.8) is 0 Å². The fraction of sp³-hybridized carbons (Fsp3) is 0.250. The van der Waals surface area contributed by atoms with E-state index in [1.165, 1.54) is 23.4 Å². The van der Waals surface area contributed by atoms with Gasteiger partial charge in [-0.2, -0.15) is 0 Å². The second-order valence-corrected chi connectivity index (χ2v) is 7.45. The minimum Gasteiger partial charge on any atom is -0.309 e. The molecule has 0 unspecified atom stereocenters. The quantitative estimate of drug-likeness (QED) is 0.645. The Labute approximate surface area is 161 Å². The molecule has 1 aliphatic heterocycles. The van der Waals surface area contributed by atoms with Gasteiger partial charge in [0.25, 0.3) is 0 Å². The molecule has 5 nitrogen and oxygen atoms in total. The molecule has 7 heteroatoms. The van der Waals surface area contributed by atoms with Crippen LogP contribution in [0.4, 0.5) is 10.1 Å². The third-order valence-electron chi connectivity index (χ3n) is 4.62. The van der Waals surface area contributed by atoms with Gasteiger partial charge < -0.3 is 4.90 Å². The first kappa shape index (κ1) is 17.7. The molecule has 0 saturated heterocycles. The third-order valence-corrected chi connectivity index (χ3v) is 5.55. The summed E-state index contributed by atoms with van der Waals surface area (Å²) in [4.78, 5) is 14.3.